The Morgan fingerprint density at radius 2 is 1.96 bits per heavy atom. The van der Waals surface area contributed by atoms with Gasteiger partial charge in [-0.15, -0.1) is 11.8 Å². The third-order valence-electron chi connectivity index (χ3n) is 4.67. The van der Waals surface area contributed by atoms with Crippen molar-refractivity contribution in [2.24, 2.45) is 0 Å². The molecule has 0 saturated heterocycles. The van der Waals surface area contributed by atoms with E-state index in [1.807, 2.05) is 35.9 Å². The number of aryl methyl sites for hydroxylation is 2. The molecule has 1 aliphatic heterocycles. The van der Waals surface area contributed by atoms with Gasteiger partial charge in [-0.1, -0.05) is 29.8 Å². The van der Waals surface area contributed by atoms with Crippen molar-refractivity contribution >= 4 is 23.5 Å². The Balaban J connectivity index is 1.86. The van der Waals surface area contributed by atoms with Crippen molar-refractivity contribution < 1.29 is 9.53 Å². The minimum absolute atomic E-state index is 0.00827. The summed E-state index contributed by atoms with van der Waals surface area (Å²) in [5.41, 5.74) is 5.26. The first-order chi connectivity index (χ1) is 13.1. The standard InChI is InChI=1S/C21H21N3O2S/c1-13-5-4-6-15(11-13)20-19-14(2)23-24(21(19)22-18(25)12-27-20)16-7-9-17(26-3)10-8-16/h4-11,20H,12H2,1-3H3,(H,22,25)/t20-/m1/s1. The molecule has 2 heterocycles. The summed E-state index contributed by atoms with van der Waals surface area (Å²) in [7, 11) is 1.64. The van der Waals surface area contributed by atoms with Crippen molar-refractivity contribution in [2.45, 2.75) is 19.1 Å². The van der Waals surface area contributed by atoms with Crippen LogP contribution in [0.1, 0.15) is 27.6 Å². The van der Waals surface area contributed by atoms with E-state index in [0.29, 0.717) is 5.75 Å². The van der Waals surface area contributed by atoms with E-state index in [-0.39, 0.29) is 11.2 Å². The van der Waals surface area contributed by atoms with Crippen molar-refractivity contribution in [2.75, 3.05) is 18.2 Å². The van der Waals surface area contributed by atoms with Gasteiger partial charge in [-0.3, -0.25) is 4.79 Å². The molecular formula is C21H21N3O2S. The lowest BCUT2D eigenvalue weighted by molar-refractivity contribution is -0.113. The summed E-state index contributed by atoms with van der Waals surface area (Å²) in [5, 5.41) is 7.86. The molecule has 5 nitrogen and oxygen atoms in total. The van der Waals surface area contributed by atoms with Gasteiger partial charge in [0.1, 0.15) is 11.6 Å². The second-order valence-corrected chi connectivity index (χ2v) is 7.70. The first kappa shape index (κ1) is 17.7. The molecule has 138 valence electrons. The van der Waals surface area contributed by atoms with E-state index in [4.69, 9.17) is 9.84 Å². The van der Waals surface area contributed by atoms with Crippen LogP contribution in [-0.2, 0) is 4.79 Å². The largest absolute Gasteiger partial charge is 0.497 e. The Morgan fingerprint density at radius 1 is 1.19 bits per heavy atom. The quantitative estimate of drug-likeness (QED) is 0.738. The van der Waals surface area contributed by atoms with Crippen LogP contribution in [0.25, 0.3) is 5.69 Å². The lowest BCUT2D eigenvalue weighted by Crippen LogP contribution is -2.15. The number of hydrogen-bond acceptors (Lipinski definition) is 4. The van der Waals surface area contributed by atoms with E-state index in [2.05, 4.69) is 36.5 Å². The summed E-state index contributed by atoms with van der Waals surface area (Å²) in [4.78, 5) is 12.4. The van der Waals surface area contributed by atoms with Crippen LogP contribution in [0.3, 0.4) is 0 Å². The van der Waals surface area contributed by atoms with Gasteiger partial charge in [0.2, 0.25) is 5.91 Å². The molecule has 4 rings (SSSR count). The molecule has 2 aromatic carbocycles. The normalized spacial score (nSPS) is 16.4. The van der Waals surface area contributed by atoms with Gasteiger partial charge in [0.15, 0.2) is 0 Å². The van der Waals surface area contributed by atoms with Crippen LogP contribution < -0.4 is 10.1 Å². The summed E-state index contributed by atoms with van der Waals surface area (Å²) in [6.07, 6.45) is 0. The molecule has 3 aromatic rings. The number of carbonyl (C=O) groups is 1. The highest BCUT2D eigenvalue weighted by Crippen LogP contribution is 2.44. The predicted octanol–water partition coefficient (Wildman–Crippen LogP) is 4.27. The summed E-state index contributed by atoms with van der Waals surface area (Å²) in [5.74, 6) is 1.94. The van der Waals surface area contributed by atoms with Gasteiger partial charge in [-0.2, -0.15) is 5.10 Å². The fraction of sp³-hybridized carbons (Fsp3) is 0.238. The number of nitrogens with zero attached hydrogens (tertiary/aromatic N) is 2. The van der Waals surface area contributed by atoms with E-state index in [1.165, 1.54) is 11.1 Å². The molecule has 6 heteroatoms. The lowest BCUT2D eigenvalue weighted by atomic mass is 10.0. The average molecular weight is 379 g/mol. The van der Waals surface area contributed by atoms with Crippen molar-refractivity contribution in [1.29, 1.82) is 0 Å². The van der Waals surface area contributed by atoms with Crippen LogP contribution in [0.5, 0.6) is 5.75 Å². The van der Waals surface area contributed by atoms with Crippen LogP contribution in [0.15, 0.2) is 48.5 Å². The van der Waals surface area contributed by atoms with Crippen LogP contribution >= 0.6 is 11.8 Å². The first-order valence-electron chi connectivity index (χ1n) is 8.79. The van der Waals surface area contributed by atoms with Crippen molar-refractivity contribution in [3.63, 3.8) is 0 Å². The molecule has 0 fully saturated rings. The molecule has 0 saturated carbocycles. The van der Waals surface area contributed by atoms with E-state index in [9.17, 15) is 4.79 Å². The Kier molecular flexibility index (Phi) is 4.66. The molecule has 1 N–H and O–H groups in total. The smallest absolute Gasteiger partial charge is 0.235 e. The van der Waals surface area contributed by atoms with Gasteiger partial charge in [-0.05, 0) is 43.7 Å². The molecule has 27 heavy (non-hydrogen) atoms. The molecule has 0 bridgehead atoms. The Morgan fingerprint density at radius 3 is 2.67 bits per heavy atom. The highest BCUT2D eigenvalue weighted by molar-refractivity contribution is 8.00. The molecule has 1 atom stereocenters. The maximum absolute atomic E-state index is 12.4. The van der Waals surface area contributed by atoms with E-state index in [0.717, 1.165) is 28.5 Å². The van der Waals surface area contributed by atoms with Crippen LogP contribution in [0.4, 0.5) is 5.82 Å². The number of nitrogens with one attached hydrogen (secondary N) is 1. The van der Waals surface area contributed by atoms with Crippen molar-refractivity contribution in [3.8, 4) is 11.4 Å². The fourth-order valence-corrected chi connectivity index (χ4v) is 4.57. The molecular weight excluding hydrogens is 358 g/mol. The summed E-state index contributed by atoms with van der Waals surface area (Å²) < 4.78 is 7.06. The number of fused-ring (bicyclic) bond motifs is 1. The molecule has 1 aliphatic rings. The minimum Gasteiger partial charge on any atom is -0.497 e. The third kappa shape index (κ3) is 3.32. The number of aromatic nitrogens is 2. The van der Waals surface area contributed by atoms with Gasteiger partial charge in [0.05, 0.1) is 29.5 Å². The van der Waals surface area contributed by atoms with E-state index < -0.39 is 0 Å². The zero-order valence-corrected chi connectivity index (χ0v) is 16.3. The molecule has 0 unspecified atom stereocenters. The van der Waals surface area contributed by atoms with Crippen molar-refractivity contribution in [1.82, 2.24) is 9.78 Å². The summed E-state index contributed by atoms with van der Waals surface area (Å²) in [6, 6.07) is 16.1. The number of thioether (sulfide) groups is 1. The lowest BCUT2D eigenvalue weighted by Gasteiger charge is -2.16. The monoisotopic (exact) mass is 379 g/mol. The molecule has 0 aliphatic carbocycles. The number of anilines is 1. The van der Waals surface area contributed by atoms with Crippen LogP contribution in [-0.4, -0.2) is 28.6 Å². The minimum atomic E-state index is -0.00827. The maximum Gasteiger partial charge on any atom is 0.235 e. The number of ether oxygens (including phenoxy) is 1. The third-order valence-corrected chi connectivity index (χ3v) is 5.94. The van der Waals surface area contributed by atoms with E-state index >= 15 is 0 Å². The topological polar surface area (TPSA) is 56.1 Å². The van der Waals surface area contributed by atoms with Gasteiger partial charge in [0.25, 0.3) is 0 Å². The van der Waals surface area contributed by atoms with Gasteiger partial charge >= 0.3 is 0 Å². The molecule has 0 spiro atoms. The fourth-order valence-electron chi connectivity index (χ4n) is 3.39. The predicted molar refractivity (Wildman–Crippen MR) is 109 cm³/mol. The zero-order chi connectivity index (χ0) is 19.0. The Labute approximate surface area is 162 Å². The van der Waals surface area contributed by atoms with Gasteiger partial charge in [0, 0.05) is 5.56 Å². The van der Waals surface area contributed by atoms with Gasteiger partial charge in [-0.25, -0.2) is 4.68 Å². The summed E-state index contributed by atoms with van der Waals surface area (Å²) >= 11 is 1.64. The second kappa shape index (κ2) is 7.12. The molecule has 0 radical (unpaired) electrons. The van der Waals surface area contributed by atoms with Crippen LogP contribution in [0.2, 0.25) is 0 Å². The van der Waals surface area contributed by atoms with Crippen molar-refractivity contribution in [3.05, 3.63) is 70.9 Å². The Bertz CT molecular complexity index is 995. The number of methoxy groups -OCH3 is 1. The van der Waals surface area contributed by atoms with Gasteiger partial charge < -0.3 is 10.1 Å². The SMILES string of the molecule is COc1ccc(-n2nc(C)c3c2NC(=O)CS[C@@H]3c2cccc(C)c2)cc1. The summed E-state index contributed by atoms with van der Waals surface area (Å²) in [6.45, 7) is 4.09. The second-order valence-electron chi connectivity index (χ2n) is 6.61. The first-order valence-corrected chi connectivity index (χ1v) is 9.83. The zero-order valence-electron chi connectivity index (χ0n) is 15.5. The molecule has 1 aromatic heterocycles. The van der Waals surface area contributed by atoms with E-state index in [1.54, 1.807) is 18.9 Å². The maximum atomic E-state index is 12.4. The highest BCUT2D eigenvalue weighted by atomic mass is 32.2. The number of hydrogen-bond donors (Lipinski definition) is 1. The highest BCUT2D eigenvalue weighted by Gasteiger charge is 2.30. The number of carbonyl (C=O) groups excluding carboxylic acids is 1. The Hall–Kier alpha value is -2.73. The average Bonchev–Trinajstić information content (AvgIpc) is 2.87. The number of benzene rings is 2. The number of rotatable bonds is 3. The molecule has 1 amide bonds. The van der Waals surface area contributed by atoms with Crippen LogP contribution in [0, 0.1) is 13.8 Å². The number of amides is 1.